The van der Waals surface area contributed by atoms with Crippen LogP contribution in [0.2, 0.25) is 0 Å². The lowest BCUT2D eigenvalue weighted by Crippen LogP contribution is -2.26. The van der Waals surface area contributed by atoms with Crippen LogP contribution in [-0.2, 0) is 14.8 Å². The average Bonchev–Trinajstić information content (AvgIpc) is 2.55. The van der Waals surface area contributed by atoms with Crippen molar-refractivity contribution in [3.05, 3.63) is 42.0 Å². The molecule has 2 N–H and O–H groups in total. The summed E-state index contributed by atoms with van der Waals surface area (Å²) in [7, 11) is -3.80. The van der Waals surface area contributed by atoms with E-state index in [1.165, 1.54) is 6.07 Å². The van der Waals surface area contributed by atoms with Gasteiger partial charge in [0, 0.05) is 11.8 Å². The highest BCUT2D eigenvalue weighted by Gasteiger charge is 2.23. The maximum atomic E-state index is 12.7. The second-order valence-corrected chi connectivity index (χ2v) is 7.16. The Morgan fingerprint density at radius 3 is 2.64 bits per heavy atom. The van der Waals surface area contributed by atoms with E-state index in [0.717, 1.165) is 0 Å². The third-order valence-corrected chi connectivity index (χ3v) is 5.14. The van der Waals surface area contributed by atoms with Crippen LogP contribution >= 0.6 is 0 Å². The van der Waals surface area contributed by atoms with E-state index in [1.807, 2.05) is 6.92 Å². The minimum atomic E-state index is -3.80. The van der Waals surface area contributed by atoms with Crippen LogP contribution in [0.3, 0.4) is 0 Å². The summed E-state index contributed by atoms with van der Waals surface area (Å²) in [4.78, 5) is 11.5. The minimum absolute atomic E-state index is 0.0938. The van der Waals surface area contributed by atoms with Crippen LogP contribution in [0.25, 0.3) is 0 Å². The summed E-state index contributed by atoms with van der Waals surface area (Å²) in [6, 6.07) is 9.65. The molecule has 0 bridgehead atoms. The summed E-state index contributed by atoms with van der Waals surface area (Å²) in [5.41, 5.74) is 1.39. The van der Waals surface area contributed by atoms with E-state index in [-0.39, 0.29) is 17.4 Å². The molecule has 0 aromatic heterocycles. The number of sulfonamides is 1. The first kappa shape index (κ1) is 17.1. The molecule has 2 aromatic carbocycles. The molecule has 0 atom stereocenters. The second kappa shape index (κ2) is 6.64. The fraction of sp³-hybridized carbons (Fsp3) is 0.235. The van der Waals surface area contributed by atoms with Gasteiger partial charge in [0.2, 0.25) is 0 Å². The number of aryl methyl sites for hydroxylation is 1. The summed E-state index contributed by atoms with van der Waals surface area (Å²) in [5.74, 6) is 0.729. The molecule has 25 heavy (non-hydrogen) atoms. The molecule has 1 aliphatic rings. The number of ether oxygens (including phenoxy) is 2. The molecule has 1 amide bonds. The zero-order valence-corrected chi connectivity index (χ0v) is 14.6. The van der Waals surface area contributed by atoms with Crippen molar-refractivity contribution in [1.29, 1.82) is 0 Å². The molecule has 132 valence electrons. The van der Waals surface area contributed by atoms with Crippen molar-refractivity contribution in [3.63, 3.8) is 0 Å². The number of carbonyl (C=O) groups is 1. The lowest BCUT2D eigenvalue weighted by molar-refractivity contribution is -0.118. The zero-order valence-electron chi connectivity index (χ0n) is 13.8. The second-order valence-electron chi connectivity index (χ2n) is 5.51. The Morgan fingerprint density at radius 1 is 1.24 bits per heavy atom. The number of benzene rings is 2. The molecule has 1 aliphatic heterocycles. The van der Waals surface area contributed by atoms with E-state index in [0.29, 0.717) is 35.0 Å². The molecule has 7 nitrogen and oxygen atoms in total. The van der Waals surface area contributed by atoms with Gasteiger partial charge in [-0.2, -0.15) is 0 Å². The summed E-state index contributed by atoms with van der Waals surface area (Å²) in [6.45, 7) is 3.94. The summed E-state index contributed by atoms with van der Waals surface area (Å²) in [6.07, 6.45) is 0. The number of rotatable bonds is 5. The van der Waals surface area contributed by atoms with E-state index in [2.05, 4.69) is 10.0 Å². The highest BCUT2D eigenvalue weighted by molar-refractivity contribution is 7.92. The van der Waals surface area contributed by atoms with Gasteiger partial charge in [-0.1, -0.05) is 0 Å². The fourth-order valence-electron chi connectivity index (χ4n) is 2.50. The van der Waals surface area contributed by atoms with Crippen molar-refractivity contribution in [2.24, 2.45) is 0 Å². The molecule has 3 rings (SSSR count). The van der Waals surface area contributed by atoms with Gasteiger partial charge in [0.15, 0.2) is 6.61 Å². The Hall–Kier alpha value is -2.74. The topological polar surface area (TPSA) is 93.7 Å². The Morgan fingerprint density at radius 2 is 1.96 bits per heavy atom. The van der Waals surface area contributed by atoms with Crippen LogP contribution in [-0.4, -0.2) is 27.5 Å². The third kappa shape index (κ3) is 3.69. The van der Waals surface area contributed by atoms with E-state index in [9.17, 15) is 13.2 Å². The fourth-order valence-corrected chi connectivity index (χ4v) is 3.80. The Bertz CT molecular complexity index is 907. The SMILES string of the molecule is CCOc1ccc(NS(=O)(=O)c2cc3c(cc2C)NC(=O)CO3)cc1. The lowest BCUT2D eigenvalue weighted by Gasteiger charge is -2.20. The number of fused-ring (bicyclic) bond motifs is 1. The molecule has 0 fully saturated rings. The Kier molecular flexibility index (Phi) is 4.54. The largest absolute Gasteiger partial charge is 0.494 e. The van der Waals surface area contributed by atoms with Gasteiger partial charge < -0.3 is 14.8 Å². The van der Waals surface area contributed by atoms with Crippen LogP contribution in [0.4, 0.5) is 11.4 Å². The van der Waals surface area contributed by atoms with Gasteiger partial charge in [-0.15, -0.1) is 0 Å². The smallest absolute Gasteiger partial charge is 0.262 e. The molecule has 8 heteroatoms. The lowest BCUT2D eigenvalue weighted by atomic mass is 10.2. The predicted octanol–water partition coefficient (Wildman–Crippen LogP) is 2.53. The Balaban J connectivity index is 1.88. The monoisotopic (exact) mass is 362 g/mol. The minimum Gasteiger partial charge on any atom is -0.494 e. The number of amides is 1. The normalized spacial score (nSPS) is 13.4. The van der Waals surface area contributed by atoms with Crippen LogP contribution in [0.15, 0.2) is 41.3 Å². The maximum Gasteiger partial charge on any atom is 0.262 e. The number of hydrogen-bond donors (Lipinski definition) is 2. The van der Waals surface area contributed by atoms with Crippen LogP contribution in [0, 0.1) is 6.92 Å². The van der Waals surface area contributed by atoms with E-state index < -0.39 is 10.0 Å². The summed E-state index contributed by atoms with van der Waals surface area (Å²) < 4.78 is 38.6. The van der Waals surface area contributed by atoms with Crippen molar-refractivity contribution in [2.45, 2.75) is 18.7 Å². The standard InChI is InChI=1S/C17H18N2O5S/c1-3-23-13-6-4-12(5-7-13)19-25(21,22)16-9-15-14(8-11(16)2)18-17(20)10-24-15/h4-9,19H,3,10H2,1-2H3,(H,18,20). The molecule has 0 unspecified atom stereocenters. The highest BCUT2D eigenvalue weighted by atomic mass is 32.2. The van der Waals surface area contributed by atoms with Gasteiger partial charge >= 0.3 is 0 Å². The van der Waals surface area contributed by atoms with Gasteiger partial charge in [0.05, 0.1) is 17.2 Å². The first-order valence-electron chi connectivity index (χ1n) is 7.72. The van der Waals surface area contributed by atoms with Gasteiger partial charge in [0.25, 0.3) is 15.9 Å². The zero-order chi connectivity index (χ0) is 18.0. The number of carbonyl (C=O) groups excluding carboxylic acids is 1. The first-order valence-corrected chi connectivity index (χ1v) is 9.20. The van der Waals surface area contributed by atoms with Crippen molar-refractivity contribution in [1.82, 2.24) is 0 Å². The van der Waals surface area contributed by atoms with Crippen molar-refractivity contribution in [3.8, 4) is 11.5 Å². The first-order chi connectivity index (χ1) is 11.9. The van der Waals surface area contributed by atoms with Crippen LogP contribution in [0.1, 0.15) is 12.5 Å². The van der Waals surface area contributed by atoms with Crippen molar-refractivity contribution < 1.29 is 22.7 Å². The van der Waals surface area contributed by atoms with E-state index >= 15 is 0 Å². The molecule has 0 radical (unpaired) electrons. The Labute approximate surface area is 146 Å². The molecule has 2 aromatic rings. The van der Waals surface area contributed by atoms with Crippen LogP contribution < -0.4 is 19.5 Å². The van der Waals surface area contributed by atoms with Crippen molar-refractivity contribution >= 4 is 27.3 Å². The maximum absolute atomic E-state index is 12.7. The molecule has 0 saturated carbocycles. The summed E-state index contributed by atoms with van der Waals surface area (Å²) >= 11 is 0. The number of nitrogens with one attached hydrogen (secondary N) is 2. The predicted molar refractivity (Wildman–Crippen MR) is 93.7 cm³/mol. The molecule has 0 spiro atoms. The van der Waals surface area contributed by atoms with Gasteiger partial charge in [-0.25, -0.2) is 8.42 Å². The van der Waals surface area contributed by atoms with Crippen molar-refractivity contribution in [2.75, 3.05) is 23.3 Å². The third-order valence-electron chi connectivity index (χ3n) is 3.62. The molecule has 0 aliphatic carbocycles. The molecular formula is C17H18N2O5S. The van der Waals surface area contributed by atoms with Gasteiger partial charge in [0.1, 0.15) is 11.5 Å². The van der Waals surface area contributed by atoms with E-state index in [4.69, 9.17) is 9.47 Å². The van der Waals surface area contributed by atoms with Crippen LogP contribution in [0.5, 0.6) is 11.5 Å². The quantitative estimate of drug-likeness (QED) is 0.852. The molecule has 1 heterocycles. The van der Waals surface area contributed by atoms with Gasteiger partial charge in [-0.05, 0) is 49.7 Å². The van der Waals surface area contributed by atoms with E-state index in [1.54, 1.807) is 37.3 Å². The highest BCUT2D eigenvalue weighted by Crippen LogP contribution is 2.33. The summed E-state index contributed by atoms with van der Waals surface area (Å²) in [5, 5.41) is 2.65. The molecule has 0 saturated heterocycles. The number of anilines is 2. The number of hydrogen-bond acceptors (Lipinski definition) is 5. The van der Waals surface area contributed by atoms with Gasteiger partial charge in [-0.3, -0.25) is 9.52 Å². The molecular weight excluding hydrogens is 344 g/mol. The average molecular weight is 362 g/mol.